The highest BCUT2D eigenvalue weighted by molar-refractivity contribution is 6.04. The van der Waals surface area contributed by atoms with Gasteiger partial charge in [0.1, 0.15) is 5.82 Å². The quantitative estimate of drug-likeness (QED) is 0.749. The minimum atomic E-state index is -0.359. The number of anilines is 1. The second-order valence-electron chi connectivity index (χ2n) is 5.44. The molecule has 132 valence electrons. The number of ether oxygens (including phenoxy) is 2. The molecule has 2 aromatic carbocycles. The Morgan fingerprint density at radius 2 is 1.77 bits per heavy atom. The zero-order chi connectivity index (χ0) is 18.5. The number of rotatable bonds is 5. The molecule has 1 amide bonds. The maximum absolute atomic E-state index is 13.8. The van der Waals surface area contributed by atoms with Crippen LogP contribution in [0.2, 0.25) is 0 Å². The Bertz CT molecular complexity index is 927. The van der Waals surface area contributed by atoms with Crippen molar-refractivity contribution in [1.29, 1.82) is 0 Å². The van der Waals surface area contributed by atoms with Gasteiger partial charge < -0.3 is 14.8 Å². The van der Waals surface area contributed by atoms with E-state index >= 15 is 0 Å². The van der Waals surface area contributed by atoms with Gasteiger partial charge >= 0.3 is 0 Å². The molecule has 0 saturated carbocycles. The summed E-state index contributed by atoms with van der Waals surface area (Å²) in [4.78, 5) is 16.6. The molecule has 0 aliphatic carbocycles. The van der Waals surface area contributed by atoms with Gasteiger partial charge in [0.25, 0.3) is 5.91 Å². The molecule has 0 radical (unpaired) electrons. The van der Waals surface area contributed by atoms with Crippen LogP contribution in [0.5, 0.6) is 11.5 Å². The molecule has 0 spiro atoms. The molecule has 0 atom stereocenters. The fraction of sp³-hybridized carbons (Fsp3) is 0.100. The summed E-state index contributed by atoms with van der Waals surface area (Å²) in [5.41, 5.74) is 1.77. The smallest absolute Gasteiger partial charge is 0.257 e. The van der Waals surface area contributed by atoms with Crippen molar-refractivity contribution in [1.82, 2.24) is 4.98 Å². The van der Waals surface area contributed by atoms with Crippen molar-refractivity contribution in [2.24, 2.45) is 0 Å². The zero-order valence-corrected chi connectivity index (χ0v) is 14.3. The summed E-state index contributed by atoms with van der Waals surface area (Å²) >= 11 is 0. The van der Waals surface area contributed by atoms with Crippen LogP contribution in [0.4, 0.5) is 10.1 Å². The van der Waals surface area contributed by atoms with Gasteiger partial charge in [-0.15, -0.1) is 0 Å². The number of nitrogens with zero attached hydrogens (tertiary/aromatic N) is 1. The molecule has 0 fully saturated rings. The summed E-state index contributed by atoms with van der Waals surface area (Å²) in [5.74, 6) is 0.395. The van der Waals surface area contributed by atoms with E-state index in [0.717, 1.165) is 0 Å². The average molecular weight is 352 g/mol. The highest BCUT2D eigenvalue weighted by Crippen LogP contribution is 2.30. The summed E-state index contributed by atoms with van der Waals surface area (Å²) in [6.07, 6.45) is 1.41. The number of nitrogens with one attached hydrogen (secondary N) is 1. The van der Waals surface area contributed by atoms with Crippen molar-refractivity contribution in [2.75, 3.05) is 19.5 Å². The number of aromatic nitrogens is 1. The van der Waals surface area contributed by atoms with Crippen LogP contribution in [0, 0.1) is 5.82 Å². The lowest BCUT2D eigenvalue weighted by Gasteiger charge is -2.10. The number of halogens is 1. The zero-order valence-electron chi connectivity index (χ0n) is 14.3. The van der Waals surface area contributed by atoms with E-state index in [-0.39, 0.29) is 11.7 Å². The van der Waals surface area contributed by atoms with Crippen molar-refractivity contribution >= 4 is 11.6 Å². The fourth-order valence-electron chi connectivity index (χ4n) is 2.47. The van der Waals surface area contributed by atoms with Gasteiger partial charge in [0.05, 0.1) is 25.5 Å². The lowest BCUT2D eigenvalue weighted by molar-refractivity contribution is 0.102. The monoisotopic (exact) mass is 352 g/mol. The first-order chi connectivity index (χ1) is 12.6. The molecule has 0 unspecified atom stereocenters. The van der Waals surface area contributed by atoms with Crippen LogP contribution in [-0.4, -0.2) is 25.1 Å². The molecule has 1 heterocycles. The maximum Gasteiger partial charge on any atom is 0.257 e. The lowest BCUT2D eigenvalue weighted by atomic mass is 10.1. The summed E-state index contributed by atoms with van der Waals surface area (Å²) < 4.78 is 24.2. The van der Waals surface area contributed by atoms with Gasteiger partial charge in [-0.25, -0.2) is 4.39 Å². The van der Waals surface area contributed by atoms with Gasteiger partial charge in [0.2, 0.25) is 0 Å². The standard InChI is InChI=1S/C20H17FN2O3/c1-25-18-10-8-14(11-19(18)26-2)23-20(24)13-7-9-17(22-12-13)15-5-3-4-6-16(15)21/h3-12H,1-2H3,(H,23,24). The van der Waals surface area contributed by atoms with Gasteiger partial charge in [0, 0.05) is 23.5 Å². The maximum atomic E-state index is 13.8. The van der Waals surface area contributed by atoms with Gasteiger partial charge in [-0.2, -0.15) is 0 Å². The molecule has 0 bridgehead atoms. The van der Waals surface area contributed by atoms with Crippen molar-refractivity contribution < 1.29 is 18.7 Å². The van der Waals surface area contributed by atoms with Crippen molar-refractivity contribution in [3.05, 3.63) is 72.2 Å². The van der Waals surface area contributed by atoms with Crippen molar-refractivity contribution in [3.8, 4) is 22.8 Å². The molecule has 0 saturated heterocycles. The van der Waals surface area contributed by atoms with E-state index in [1.165, 1.54) is 19.4 Å². The molecule has 5 nitrogen and oxygen atoms in total. The fourth-order valence-corrected chi connectivity index (χ4v) is 2.47. The van der Waals surface area contributed by atoms with E-state index in [9.17, 15) is 9.18 Å². The Hall–Kier alpha value is -3.41. The van der Waals surface area contributed by atoms with Crippen LogP contribution in [-0.2, 0) is 0 Å². The molecule has 1 aromatic heterocycles. The number of methoxy groups -OCH3 is 2. The average Bonchev–Trinajstić information content (AvgIpc) is 2.68. The summed E-state index contributed by atoms with van der Waals surface area (Å²) in [5, 5.41) is 2.77. The molecule has 3 aromatic rings. The topological polar surface area (TPSA) is 60.5 Å². The number of hydrogen-bond acceptors (Lipinski definition) is 4. The van der Waals surface area contributed by atoms with Crippen LogP contribution >= 0.6 is 0 Å². The van der Waals surface area contributed by atoms with Crippen LogP contribution < -0.4 is 14.8 Å². The van der Waals surface area contributed by atoms with Gasteiger partial charge in [-0.05, 0) is 36.4 Å². The van der Waals surface area contributed by atoms with E-state index < -0.39 is 0 Å². The molecule has 6 heteroatoms. The summed E-state index contributed by atoms with van der Waals surface area (Å²) in [7, 11) is 3.06. The highest BCUT2D eigenvalue weighted by Gasteiger charge is 2.11. The second kappa shape index (κ2) is 7.65. The van der Waals surface area contributed by atoms with Crippen molar-refractivity contribution in [3.63, 3.8) is 0 Å². The Morgan fingerprint density at radius 1 is 1.00 bits per heavy atom. The minimum absolute atomic E-state index is 0.329. The molecule has 0 aliphatic heterocycles. The molecule has 3 rings (SSSR count). The minimum Gasteiger partial charge on any atom is -0.493 e. The van der Waals surface area contributed by atoms with E-state index in [1.54, 1.807) is 55.6 Å². The van der Waals surface area contributed by atoms with Crippen LogP contribution in [0.15, 0.2) is 60.8 Å². The largest absolute Gasteiger partial charge is 0.493 e. The first-order valence-electron chi connectivity index (χ1n) is 7.86. The Morgan fingerprint density at radius 3 is 2.42 bits per heavy atom. The van der Waals surface area contributed by atoms with Gasteiger partial charge in [-0.3, -0.25) is 9.78 Å². The third-order valence-corrected chi connectivity index (χ3v) is 3.82. The second-order valence-corrected chi connectivity index (χ2v) is 5.44. The highest BCUT2D eigenvalue weighted by atomic mass is 19.1. The Kier molecular flexibility index (Phi) is 5.12. The lowest BCUT2D eigenvalue weighted by Crippen LogP contribution is -2.12. The predicted octanol–water partition coefficient (Wildman–Crippen LogP) is 4.16. The van der Waals surface area contributed by atoms with Gasteiger partial charge in [-0.1, -0.05) is 12.1 Å². The number of benzene rings is 2. The number of carbonyl (C=O) groups is 1. The molecular weight excluding hydrogens is 335 g/mol. The van der Waals surface area contributed by atoms with E-state index in [4.69, 9.17) is 9.47 Å². The molecule has 1 N–H and O–H groups in total. The van der Waals surface area contributed by atoms with Gasteiger partial charge in [0.15, 0.2) is 11.5 Å². The molecular formula is C20H17FN2O3. The SMILES string of the molecule is COc1ccc(NC(=O)c2ccc(-c3ccccc3F)nc2)cc1OC. The number of amides is 1. The third-order valence-electron chi connectivity index (χ3n) is 3.82. The predicted molar refractivity (Wildman–Crippen MR) is 97.1 cm³/mol. The number of hydrogen-bond donors (Lipinski definition) is 1. The van der Waals surface area contributed by atoms with Crippen molar-refractivity contribution in [2.45, 2.75) is 0 Å². The van der Waals surface area contributed by atoms with Crippen LogP contribution in [0.25, 0.3) is 11.3 Å². The third kappa shape index (κ3) is 3.64. The number of carbonyl (C=O) groups excluding carboxylic acids is 1. The normalized spacial score (nSPS) is 10.3. The van der Waals surface area contributed by atoms with E-state index in [0.29, 0.717) is 34.0 Å². The Balaban J connectivity index is 1.77. The van der Waals surface area contributed by atoms with Crippen LogP contribution in [0.3, 0.4) is 0 Å². The molecule has 0 aliphatic rings. The van der Waals surface area contributed by atoms with E-state index in [1.807, 2.05) is 0 Å². The summed E-state index contributed by atoms with van der Waals surface area (Å²) in [6.45, 7) is 0. The van der Waals surface area contributed by atoms with E-state index in [2.05, 4.69) is 10.3 Å². The number of pyridine rings is 1. The first kappa shape index (κ1) is 17.4. The molecule has 26 heavy (non-hydrogen) atoms. The van der Waals surface area contributed by atoms with Crippen LogP contribution in [0.1, 0.15) is 10.4 Å². The summed E-state index contributed by atoms with van der Waals surface area (Å²) in [6, 6.07) is 14.6. The first-order valence-corrected chi connectivity index (χ1v) is 7.86. The Labute approximate surface area is 150 Å².